The second-order valence-electron chi connectivity index (χ2n) is 5.17. The van der Waals surface area contributed by atoms with Crippen LogP contribution in [0.25, 0.3) is 11.1 Å². The molecule has 1 heterocycles. The van der Waals surface area contributed by atoms with Crippen LogP contribution in [-0.4, -0.2) is 24.8 Å². The van der Waals surface area contributed by atoms with Gasteiger partial charge < -0.3 is 10.0 Å². The van der Waals surface area contributed by atoms with Gasteiger partial charge in [0.1, 0.15) is 0 Å². The number of anilines is 1. The second kappa shape index (κ2) is 5.45. The number of nitrogens with zero attached hydrogens (tertiary/aromatic N) is 1. The molecule has 2 aromatic rings. The van der Waals surface area contributed by atoms with Crippen LogP contribution in [0.1, 0.15) is 6.42 Å². The average Bonchev–Trinajstić information content (AvgIpc) is 2.97. The lowest BCUT2D eigenvalue weighted by molar-refractivity contribution is 0.238. The normalized spacial score (nSPS) is 18.8. The van der Waals surface area contributed by atoms with E-state index in [1.807, 2.05) is 6.07 Å². The molecule has 98 valence electrons. The Morgan fingerprint density at radius 2 is 1.74 bits per heavy atom. The third-order valence-electron chi connectivity index (χ3n) is 3.87. The number of hydrogen-bond donors (Lipinski definition) is 1. The molecule has 1 fully saturated rings. The first-order valence-electron chi connectivity index (χ1n) is 6.89. The summed E-state index contributed by atoms with van der Waals surface area (Å²) in [5, 5.41) is 9.29. The first-order chi connectivity index (χ1) is 9.38. The molecule has 2 nitrogen and oxygen atoms in total. The van der Waals surface area contributed by atoms with Crippen LogP contribution in [0.15, 0.2) is 54.6 Å². The Morgan fingerprint density at radius 1 is 1.00 bits per heavy atom. The third kappa shape index (κ3) is 2.49. The molecule has 2 heteroatoms. The van der Waals surface area contributed by atoms with Gasteiger partial charge in [0, 0.05) is 36.9 Å². The highest BCUT2D eigenvalue weighted by Crippen LogP contribution is 2.33. The van der Waals surface area contributed by atoms with Crippen molar-refractivity contribution in [2.75, 3.05) is 24.6 Å². The number of aliphatic hydroxyl groups excluding tert-OH is 1. The molecule has 19 heavy (non-hydrogen) atoms. The van der Waals surface area contributed by atoms with Crippen molar-refractivity contribution in [3.8, 4) is 11.1 Å². The Kier molecular flexibility index (Phi) is 3.51. The van der Waals surface area contributed by atoms with E-state index in [0.29, 0.717) is 12.5 Å². The van der Waals surface area contributed by atoms with E-state index in [4.69, 9.17) is 0 Å². The summed E-state index contributed by atoms with van der Waals surface area (Å²) in [7, 11) is 0. The molecule has 0 radical (unpaired) electrons. The van der Waals surface area contributed by atoms with E-state index in [2.05, 4.69) is 53.4 Å². The maximum Gasteiger partial charge on any atom is 0.0476 e. The summed E-state index contributed by atoms with van der Waals surface area (Å²) in [5.41, 5.74) is 3.82. The molecule has 1 N–H and O–H groups in total. The van der Waals surface area contributed by atoms with Gasteiger partial charge in [-0.25, -0.2) is 0 Å². The molecule has 1 saturated heterocycles. The van der Waals surface area contributed by atoms with Crippen molar-refractivity contribution >= 4 is 5.69 Å². The number of para-hydroxylation sites is 1. The van der Waals surface area contributed by atoms with Crippen LogP contribution >= 0.6 is 0 Å². The first kappa shape index (κ1) is 12.2. The van der Waals surface area contributed by atoms with Crippen LogP contribution < -0.4 is 4.90 Å². The van der Waals surface area contributed by atoms with E-state index in [1.165, 1.54) is 16.8 Å². The zero-order valence-corrected chi connectivity index (χ0v) is 11.0. The molecule has 1 aliphatic rings. The SMILES string of the molecule is OCC1CCN(c2ccccc2-c2ccccc2)C1. The number of rotatable bonds is 3. The van der Waals surface area contributed by atoms with Gasteiger partial charge in [-0.2, -0.15) is 0 Å². The molecule has 0 aliphatic carbocycles. The van der Waals surface area contributed by atoms with Crippen molar-refractivity contribution in [3.63, 3.8) is 0 Å². The van der Waals surface area contributed by atoms with Crippen molar-refractivity contribution < 1.29 is 5.11 Å². The molecule has 3 rings (SSSR count). The van der Waals surface area contributed by atoms with E-state index < -0.39 is 0 Å². The number of aliphatic hydroxyl groups is 1. The average molecular weight is 253 g/mol. The van der Waals surface area contributed by atoms with Gasteiger partial charge >= 0.3 is 0 Å². The fourth-order valence-corrected chi connectivity index (χ4v) is 2.81. The summed E-state index contributed by atoms with van der Waals surface area (Å²) in [6.07, 6.45) is 1.08. The van der Waals surface area contributed by atoms with Crippen molar-refractivity contribution in [1.29, 1.82) is 0 Å². The summed E-state index contributed by atoms with van der Waals surface area (Å²) in [6.45, 7) is 2.29. The molecule has 1 aliphatic heterocycles. The van der Waals surface area contributed by atoms with Crippen molar-refractivity contribution in [3.05, 3.63) is 54.6 Å². The first-order valence-corrected chi connectivity index (χ1v) is 6.89. The Hall–Kier alpha value is -1.80. The van der Waals surface area contributed by atoms with Crippen molar-refractivity contribution in [2.45, 2.75) is 6.42 Å². The number of benzene rings is 2. The summed E-state index contributed by atoms with van der Waals surface area (Å²) in [6, 6.07) is 19.0. The Labute approximate surface area is 114 Å². The summed E-state index contributed by atoms with van der Waals surface area (Å²) in [4.78, 5) is 2.39. The molecule has 2 aromatic carbocycles. The zero-order valence-electron chi connectivity index (χ0n) is 11.0. The lowest BCUT2D eigenvalue weighted by Gasteiger charge is -2.22. The van der Waals surface area contributed by atoms with Gasteiger partial charge in [-0.1, -0.05) is 48.5 Å². The van der Waals surface area contributed by atoms with Gasteiger partial charge in [-0.05, 0) is 18.1 Å². The van der Waals surface area contributed by atoms with Crippen LogP contribution in [-0.2, 0) is 0 Å². The molecule has 1 atom stereocenters. The third-order valence-corrected chi connectivity index (χ3v) is 3.87. The van der Waals surface area contributed by atoms with Gasteiger partial charge in [0.2, 0.25) is 0 Å². The Balaban J connectivity index is 1.95. The zero-order chi connectivity index (χ0) is 13.1. The van der Waals surface area contributed by atoms with Crippen LogP contribution in [0.2, 0.25) is 0 Å². The molecule has 0 saturated carbocycles. The minimum Gasteiger partial charge on any atom is -0.396 e. The van der Waals surface area contributed by atoms with Crippen LogP contribution in [0.5, 0.6) is 0 Å². The molecular formula is C17H19NO. The highest BCUT2D eigenvalue weighted by molar-refractivity contribution is 5.78. The molecular weight excluding hydrogens is 234 g/mol. The predicted molar refractivity (Wildman–Crippen MR) is 79.3 cm³/mol. The van der Waals surface area contributed by atoms with Crippen LogP contribution in [0.3, 0.4) is 0 Å². The largest absolute Gasteiger partial charge is 0.396 e. The Bertz CT molecular complexity index is 538. The Morgan fingerprint density at radius 3 is 2.47 bits per heavy atom. The minimum absolute atomic E-state index is 0.296. The standard InChI is InChI=1S/C17H19NO/c19-13-14-10-11-18(12-14)17-9-5-4-8-16(17)15-6-2-1-3-7-15/h1-9,14,19H,10-13H2. The lowest BCUT2D eigenvalue weighted by Crippen LogP contribution is -2.21. The van der Waals surface area contributed by atoms with E-state index in [1.54, 1.807) is 0 Å². The van der Waals surface area contributed by atoms with E-state index in [-0.39, 0.29) is 0 Å². The van der Waals surface area contributed by atoms with Gasteiger partial charge in [-0.3, -0.25) is 0 Å². The van der Waals surface area contributed by atoms with Gasteiger partial charge in [-0.15, -0.1) is 0 Å². The van der Waals surface area contributed by atoms with Gasteiger partial charge in [0.15, 0.2) is 0 Å². The molecule has 0 amide bonds. The highest BCUT2D eigenvalue weighted by Gasteiger charge is 2.23. The number of hydrogen-bond acceptors (Lipinski definition) is 2. The topological polar surface area (TPSA) is 23.5 Å². The van der Waals surface area contributed by atoms with Crippen LogP contribution in [0.4, 0.5) is 5.69 Å². The maximum absolute atomic E-state index is 9.29. The van der Waals surface area contributed by atoms with Gasteiger partial charge in [0.25, 0.3) is 0 Å². The van der Waals surface area contributed by atoms with E-state index in [9.17, 15) is 5.11 Å². The van der Waals surface area contributed by atoms with Crippen molar-refractivity contribution in [2.24, 2.45) is 5.92 Å². The van der Waals surface area contributed by atoms with Crippen molar-refractivity contribution in [1.82, 2.24) is 0 Å². The molecule has 0 bridgehead atoms. The fourth-order valence-electron chi connectivity index (χ4n) is 2.81. The second-order valence-corrected chi connectivity index (χ2v) is 5.17. The summed E-state index contributed by atoms with van der Waals surface area (Å²) in [5.74, 6) is 0.420. The van der Waals surface area contributed by atoms with Crippen LogP contribution in [0, 0.1) is 5.92 Å². The monoisotopic (exact) mass is 253 g/mol. The minimum atomic E-state index is 0.296. The fraction of sp³-hybridized carbons (Fsp3) is 0.294. The maximum atomic E-state index is 9.29. The van der Waals surface area contributed by atoms with Gasteiger partial charge in [0.05, 0.1) is 0 Å². The molecule has 1 unspecified atom stereocenters. The summed E-state index contributed by atoms with van der Waals surface area (Å²) < 4.78 is 0. The van der Waals surface area contributed by atoms with E-state index >= 15 is 0 Å². The smallest absolute Gasteiger partial charge is 0.0476 e. The molecule has 0 spiro atoms. The predicted octanol–water partition coefficient (Wildman–Crippen LogP) is 3.17. The summed E-state index contributed by atoms with van der Waals surface area (Å²) >= 11 is 0. The molecule has 0 aromatic heterocycles. The lowest BCUT2D eigenvalue weighted by atomic mass is 10.0. The highest BCUT2D eigenvalue weighted by atomic mass is 16.3. The van der Waals surface area contributed by atoms with E-state index in [0.717, 1.165) is 19.5 Å². The quantitative estimate of drug-likeness (QED) is 0.908.